The molecule has 162 valence electrons. The molecule has 3 rings (SSSR count). The Kier molecular flexibility index (Phi) is 6.67. The Labute approximate surface area is 178 Å². The van der Waals surface area contributed by atoms with Crippen LogP contribution in [0.2, 0.25) is 0 Å². The molecule has 0 spiro atoms. The highest BCUT2D eigenvalue weighted by molar-refractivity contribution is 7.89. The molecule has 1 N–H and O–H groups in total. The van der Waals surface area contributed by atoms with Crippen molar-refractivity contribution in [1.82, 2.24) is 4.31 Å². The van der Waals surface area contributed by atoms with Gasteiger partial charge in [-0.1, -0.05) is 12.1 Å². The van der Waals surface area contributed by atoms with E-state index >= 15 is 0 Å². The molecule has 2 aromatic rings. The van der Waals surface area contributed by atoms with E-state index in [-0.39, 0.29) is 12.5 Å². The SMILES string of the molecule is COc1ccc(NC(=O)[C@H]2CCCN(S(=O)(=O)c3cc(C)ccc3C)C2)c(OC)c1. The van der Waals surface area contributed by atoms with Gasteiger partial charge >= 0.3 is 0 Å². The molecule has 1 heterocycles. The van der Waals surface area contributed by atoms with Crippen molar-refractivity contribution in [1.29, 1.82) is 0 Å². The van der Waals surface area contributed by atoms with Crippen LogP contribution in [0.25, 0.3) is 0 Å². The molecule has 1 aliphatic heterocycles. The van der Waals surface area contributed by atoms with Crippen molar-refractivity contribution in [3.63, 3.8) is 0 Å². The molecule has 1 fully saturated rings. The Hall–Kier alpha value is -2.58. The lowest BCUT2D eigenvalue weighted by molar-refractivity contribution is -0.120. The first-order valence-electron chi connectivity index (χ1n) is 9.86. The average Bonchev–Trinajstić information content (AvgIpc) is 2.75. The maximum atomic E-state index is 13.2. The third kappa shape index (κ3) is 4.60. The number of piperidine rings is 1. The van der Waals surface area contributed by atoms with Gasteiger partial charge < -0.3 is 14.8 Å². The van der Waals surface area contributed by atoms with E-state index < -0.39 is 15.9 Å². The zero-order valence-electron chi connectivity index (χ0n) is 17.8. The Morgan fingerprint density at radius 2 is 1.87 bits per heavy atom. The van der Waals surface area contributed by atoms with Crippen molar-refractivity contribution in [2.24, 2.45) is 5.92 Å². The van der Waals surface area contributed by atoms with Gasteiger partial charge in [0.1, 0.15) is 11.5 Å². The molecule has 2 aromatic carbocycles. The number of hydrogen-bond donors (Lipinski definition) is 1. The fourth-order valence-electron chi connectivity index (χ4n) is 3.64. The summed E-state index contributed by atoms with van der Waals surface area (Å²) in [5.74, 6) is 0.441. The summed E-state index contributed by atoms with van der Waals surface area (Å²) in [5.41, 5.74) is 2.12. The van der Waals surface area contributed by atoms with Crippen LogP contribution < -0.4 is 14.8 Å². The second-order valence-corrected chi connectivity index (χ2v) is 9.43. The molecule has 0 aromatic heterocycles. The van der Waals surface area contributed by atoms with Crippen LogP contribution in [0, 0.1) is 19.8 Å². The van der Waals surface area contributed by atoms with Gasteiger partial charge in [0.15, 0.2) is 0 Å². The van der Waals surface area contributed by atoms with Gasteiger partial charge in [0.25, 0.3) is 0 Å². The third-order valence-electron chi connectivity index (χ3n) is 5.38. The number of benzene rings is 2. The molecule has 0 unspecified atom stereocenters. The van der Waals surface area contributed by atoms with Crippen LogP contribution in [0.1, 0.15) is 24.0 Å². The quantitative estimate of drug-likeness (QED) is 0.757. The smallest absolute Gasteiger partial charge is 0.243 e. The van der Waals surface area contributed by atoms with E-state index in [0.29, 0.717) is 47.0 Å². The summed E-state index contributed by atoms with van der Waals surface area (Å²) in [6.07, 6.45) is 1.26. The maximum Gasteiger partial charge on any atom is 0.243 e. The Balaban J connectivity index is 1.77. The normalized spacial score (nSPS) is 17.4. The van der Waals surface area contributed by atoms with Gasteiger partial charge in [0.2, 0.25) is 15.9 Å². The number of carbonyl (C=O) groups excluding carboxylic acids is 1. The van der Waals surface area contributed by atoms with Crippen molar-refractivity contribution in [3.05, 3.63) is 47.5 Å². The van der Waals surface area contributed by atoms with E-state index in [2.05, 4.69) is 5.32 Å². The van der Waals surface area contributed by atoms with Crippen LogP contribution in [0.3, 0.4) is 0 Å². The van der Waals surface area contributed by atoms with Crippen molar-refractivity contribution in [2.75, 3.05) is 32.6 Å². The van der Waals surface area contributed by atoms with Crippen molar-refractivity contribution >= 4 is 21.6 Å². The second-order valence-electron chi connectivity index (χ2n) is 7.53. The summed E-state index contributed by atoms with van der Waals surface area (Å²) in [7, 11) is -0.591. The van der Waals surface area contributed by atoms with E-state index in [1.807, 2.05) is 19.1 Å². The van der Waals surface area contributed by atoms with Gasteiger partial charge in [-0.2, -0.15) is 4.31 Å². The zero-order chi connectivity index (χ0) is 21.9. The van der Waals surface area contributed by atoms with E-state index in [9.17, 15) is 13.2 Å². The largest absolute Gasteiger partial charge is 0.497 e. The third-order valence-corrected chi connectivity index (χ3v) is 7.39. The lowest BCUT2D eigenvalue weighted by Gasteiger charge is -2.31. The van der Waals surface area contributed by atoms with Crippen LogP contribution in [-0.4, -0.2) is 45.9 Å². The summed E-state index contributed by atoms with van der Waals surface area (Å²) in [5, 5.41) is 2.87. The summed E-state index contributed by atoms with van der Waals surface area (Å²) in [6.45, 7) is 4.22. The summed E-state index contributed by atoms with van der Waals surface area (Å²) >= 11 is 0. The van der Waals surface area contributed by atoms with Crippen LogP contribution in [0.5, 0.6) is 11.5 Å². The fraction of sp³-hybridized carbons (Fsp3) is 0.409. The van der Waals surface area contributed by atoms with Gasteiger partial charge in [-0.15, -0.1) is 0 Å². The minimum Gasteiger partial charge on any atom is -0.497 e. The van der Waals surface area contributed by atoms with Gasteiger partial charge in [-0.3, -0.25) is 4.79 Å². The van der Waals surface area contributed by atoms with Gasteiger partial charge in [-0.25, -0.2) is 8.42 Å². The van der Waals surface area contributed by atoms with Gasteiger partial charge in [-0.05, 0) is 56.0 Å². The highest BCUT2D eigenvalue weighted by Gasteiger charge is 2.34. The lowest BCUT2D eigenvalue weighted by atomic mass is 9.98. The van der Waals surface area contributed by atoms with Crippen molar-refractivity contribution in [2.45, 2.75) is 31.6 Å². The van der Waals surface area contributed by atoms with Crippen molar-refractivity contribution < 1.29 is 22.7 Å². The zero-order valence-corrected chi connectivity index (χ0v) is 18.6. The molecular formula is C22H28N2O5S. The number of hydrogen-bond acceptors (Lipinski definition) is 5. The number of nitrogens with one attached hydrogen (secondary N) is 1. The highest BCUT2D eigenvalue weighted by atomic mass is 32.2. The first-order valence-corrected chi connectivity index (χ1v) is 11.3. The Morgan fingerprint density at radius 1 is 1.10 bits per heavy atom. The summed E-state index contributed by atoms with van der Waals surface area (Å²) < 4.78 is 38.4. The minimum absolute atomic E-state index is 0.153. The molecule has 0 aliphatic carbocycles. The Bertz CT molecular complexity index is 1040. The lowest BCUT2D eigenvalue weighted by Crippen LogP contribution is -2.43. The number of amides is 1. The number of nitrogens with zero attached hydrogens (tertiary/aromatic N) is 1. The molecule has 7 nitrogen and oxygen atoms in total. The van der Waals surface area contributed by atoms with E-state index in [0.717, 1.165) is 5.56 Å². The average molecular weight is 433 g/mol. The van der Waals surface area contributed by atoms with Crippen LogP contribution in [-0.2, 0) is 14.8 Å². The predicted octanol–water partition coefficient (Wildman–Crippen LogP) is 3.36. The molecular weight excluding hydrogens is 404 g/mol. The topological polar surface area (TPSA) is 84.9 Å². The molecule has 1 amide bonds. The van der Waals surface area contributed by atoms with Gasteiger partial charge in [0.05, 0.1) is 30.7 Å². The number of ether oxygens (including phenoxy) is 2. The van der Waals surface area contributed by atoms with Crippen LogP contribution >= 0.6 is 0 Å². The Morgan fingerprint density at radius 3 is 2.57 bits per heavy atom. The molecule has 1 saturated heterocycles. The number of sulfonamides is 1. The van der Waals surface area contributed by atoms with E-state index in [4.69, 9.17) is 9.47 Å². The number of rotatable bonds is 6. The number of carbonyl (C=O) groups is 1. The standard InChI is InChI=1S/C22H28N2O5S/c1-15-7-8-16(2)21(12-15)30(26,27)24-11-5-6-17(14-24)22(25)23-19-10-9-18(28-3)13-20(19)29-4/h7-10,12-13,17H,5-6,11,14H2,1-4H3,(H,23,25)/t17-/m0/s1. The molecule has 1 aliphatic rings. The molecule has 8 heteroatoms. The number of anilines is 1. The van der Waals surface area contributed by atoms with E-state index in [1.54, 1.807) is 38.3 Å². The summed E-state index contributed by atoms with van der Waals surface area (Å²) in [4.78, 5) is 13.2. The second kappa shape index (κ2) is 9.06. The predicted molar refractivity (Wildman–Crippen MR) is 116 cm³/mol. The first-order chi connectivity index (χ1) is 14.3. The molecule has 1 atom stereocenters. The maximum absolute atomic E-state index is 13.2. The minimum atomic E-state index is -3.66. The molecule has 30 heavy (non-hydrogen) atoms. The highest BCUT2D eigenvalue weighted by Crippen LogP contribution is 2.31. The van der Waals surface area contributed by atoms with Crippen LogP contribution in [0.15, 0.2) is 41.3 Å². The number of aryl methyl sites for hydroxylation is 2. The van der Waals surface area contributed by atoms with Crippen molar-refractivity contribution in [3.8, 4) is 11.5 Å². The van der Waals surface area contributed by atoms with Crippen LogP contribution in [0.4, 0.5) is 5.69 Å². The first kappa shape index (κ1) is 22.1. The number of methoxy groups -OCH3 is 2. The van der Waals surface area contributed by atoms with E-state index in [1.165, 1.54) is 11.4 Å². The molecule has 0 radical (unpaired) electrons. The molecule has 0 saturated carbocycles. The fourth-order valence-corrected chi connectivity index (χ4v) is 5.47. The summed E-state index contributed by atoms with van der Waals surface area (Å²) in [6, 6.07) is 10.5. The monoisotopic (exact) mass is 432 g/mol. The molecule has 0 bridgehead atoms. The van der Waals surface area contributed by atoms with Gasteiger partial charge in [0, 0.05) is 19.2 Å².